The van der Waals surface area contributed by atoms with Crippen molar-refractivity contribution in [3.05, 3.63) is 62.7 Å². The minimum Gasteiger partial charge on any atom is -0.478 e. The Labute approximate surface area is 94.7 Å². The highest BCUT2D eigenvalue weighted by Crippen LogP contribution is 2.07. The predicted octanol–water partition coefficient (Wildman–Crippen LogP) is 0.224. The van der Waals surface area contributed by atoms with Crippen LogP contribution in [0.2, 0.25) is 0 Å². The molecule has 86 valence electrons. The second-order valence-corrected chi connectivity index (χ2v) is 3.34. The Morgan fingerprint density at radius 2 is 1.94 bits per heavy atom. The van der Waals surface area contributed by atoms with E-state index in [1.807, 2.05) is 0 Å². The molecule has 2 aromatic rings. The normalized spacial score (nSPS) is 10.1. The monoisotopic (exact) mass is 232 g/mol. The number of rotatable bonds is 2. The zero-order valence-electron chi connectivity index (χ0n) is 8.58. The second kappa shape index (κ2) is 4.09. The van der Waals surface area contributed by atoms with Crippen molar-refractivity contribution in [2.75, 3.05) is 0 Å². The molecule has 0 bridgehead atoms. The van der Waals surface area contributed by atoms with Crippen LogP contribution >= 0.6 is 0 Å². The van der Waals surface area contributed by atoms with Gasteiger partial charge in [-0.05, 0) is 18.2 Å². The fourth-order valence-corrected chi connectivity index (χ4v) is 1.39. The number of aromatic carboxylic acids is 1. The summed E-state index contributed by atoms with van der Waals surface area (Å²) in [6.45, 7) is 0. The van der Waals surface area contributed by atoms with Gasteiger partial charge in [0.25, 0.3) is 11.1 Å². The fourth-order valence-electron chi connectivity index (χ4n) is 1.39. The highest BCUT2D eigenvalue weighted by molar-refractivity contribution is 5.88. The van der Waals surface area contributed by atoms with Gasteiger partial charge < -0.3 is 5.11 Å². The lowest BCUT2D eigenvalue weighted by molar-refractivity contribution is 0.0697. The van der Waals surface area contributed by atoms with Crippen LogP contribution in [-0.2, 0) is 0 Å². The maximum atomic E-state index is 11.5. The molecule has 0 radical (unpaired) electrons. The van der Waals surface area contributed by atoms with Gasteiger partial charge in [0.05, 0.1) is 11.3 Å². The van der Waals surface area contributed by atoms with Crippen LogP contribution in [0.5, 0.6) is 0 Å². The molecule has 0 aliphatic carbocycles. The Morgan fingerprint density at radius 3 is 2.65 bits per heavy atom. The summed E-state index contributed by atoms with van der Waals surface area (Å²) in [5.74, 6) is -1.10. The minimum absolute atomic E-state index is 0.0408. The van der Waals surface area contributed by atoms with Crippen LogP contribution in [0.1, 0.15) is 10.4 Å². The lowest BCUT2D eigenvalue weighted by Crippen LogP contribution is -2.26. The van der Waals surface area contributed by atoms with Crippen molar-refractivity contribution < 1.29 is 9.90 Å². The summed E-state index contributed by atoms with van der Waals surface area (Å²) in [7, 11) is 0. The Balaban J connectivity index is 2.64. The quantitative estimate of drug-likeness (QED) is 0.774. The topological polar surface area (TPSA) is 92.2 Å². The molecule has 6 nitrogen and oxygen atoms in total. The third-order valence-corrected chi connectivity index (χ3v) is 2.17. The van der Waals surface area contributed by atoms with Gasteiger partial charge in [0.2, 0.25) is 0 Å². The Kier molecular flexibility index (Phi) is 2.61. The van der Waals surface area contributed by atoms with E-state index in [0.717, 1.165) is 16.8 Å². The number of aromatic nitrogens is 2. The summed E-state index contributed by atoms with van der Waals surface area (Å²) in [5.41, 5.74) is -0.538. The average molecular weight is 232 g/mol. The number of aromatic amines is 1. The van der Waals surface area contributed by atoms with Gasteiger partial charge in [-0.15, -0.1) is 0 Å². The number of nitrogens with zero attached hydrogens (tertiary/aromatic N) is 1. The molecule has 0 aliphatic heterocycles. The van der Waals surface area contributed by atoms with Gasteiger partial charge in [-0.3, -0.25) is 14.7 Å². The van der Waals surface area contributed by atoms with Gasteiger partial charge in [0.1, 0.15) is 0 Å². The largest absolute Gasteiger partial charge is 0.478 e. The minimum atomic E-state index is -1.10. The highest BCUT2D eigenvalue weighted by atomic mass is 16.4. The Morgan fingerprint density at radius 1 is 1.18 bits per heavy atom. The third kappa shape index (κ3) is 2.15. The zero-order valence-corrected chi connectivity index (χ0v) is 8.58. The van der Waals surface area contributed by atoms with Gasteiger partial charge >= 0.3 is 5.97 Å². The number of H-pyrrole nitrogens is 1. The molecule has 0 fully saturated rings. The molecule has 0 saturated carbocycles. The molecule has 2 N–H and O–H groups in total. The van der Waals surface area contributed by atoms with Crippen molar-refractivity contribution in [3.63, 3.8) is 0 Å². The standard InChI is InChI=1S/C11H8N2O4/c14-9-4-5-10(15)13(12-9)8-3-1-2-7(6-8)11(16)17/h1-6H,(H,12,14)(H,16,17). The fraction of sp³-hybridized carbons (Fsp3) is 0. The van der Waals surface area contributed by atoms with Gasteiger partial charge in [-0.25, -0.2) is 9.48 Å². The molecule has 6 heteroatoms. The van der Waals surface area contributed by atoms with Gasteiger partial charge in [-0.2, -0.15) is 0 Å². The number of hydrogen-bond donors (Lipinski definition) is 2. The van der Waals surface area contributed by atoms with Crippen molar-refractivity contribution in [2.45, 2.75) is 0 Å². The smallest absolute Gasteiger partial charge is 0.335 e. The lowest BCUT2D eigenvalue weighted by atomic mass is 10.2. The number of carboxylic acids is 1. The number of carboxylic acid groups (broad SMARTS) is 1. The third-order valence-electron chi connectivity index (χ3n) is 2.17. The number of carbonyl (C=O) groups is 1. The van der Waals surface area contributed by atoms with Gasteiger partial charge in [0.15, 0.2) is 0 Å². The zero-order chi connectivity index (χ0) is 12.4. The maximum Gasteiger partial charge on any atom is 0.335 e. The molecule has 0 saturated heterocycles. The molecule has 0 unspecified atom stereocenters. The van der Waals surface area contributed by atoms with Crippen molar-refractivity contribution in [3.8, 4) is 5.69 Å². The summed E-state index contributed by atoms with van der Waals surface area (Å²) in [5, 5.41) is 11.1. The summed E-state index contributed by atoms with van der Waals surface area (Å²) in [6, 6.07) is 7.96. The van der Waals surface area contributed by atoms with E-state index >= 15 is 0 Å². The first-order valence-electron chi connectivity index (χ1n) is 4.74. The molecule has 0 atom stereocenters. The molecule has 1 heterocycles. The highest BCUT2D eigenvalue weighted by Gasteiger charge is 2.05. The first-order chi connectivity index (χ1) is 8.08. The molecular weight excluding hydrogens is 224 g/mol. The van der Waals surface area contributed by atoms with E-state index in [-0.39, 0.29) is 5.56 Å². The van der Waals surface area contributed by atoms with Crippen LogP contribution in [0, 0.1) is 0 Å². The molecule has 1 aromatic carbocycles. The molecular formula is C11H8N2O4. The molecule has 2 rings (SSSR count). The Bertz CT molecular complexity index is 684. The van der Waals surface area contributed by atoms with E-state index in [4.69, 9.17) is 5.11 Å². The van der Waals surface area contributed by atoms with E-state index in [2.05, 4.69) is 5.10 Å². The first-order valence-corrected chi connectivity index (χ1v) is 4.74. The number of benzene rings is 1. The van der Waals surface area contributed by atoms with Crippen LogP contribution in [0.3, 0.4) is 0 Å². The maximum absolute atomic E-state index is 11.5. The van der Waals surface area contributed by atoms with Crippen LogP contribution in [0.4, 0.5) is 0 Å². The van der Waals surface area contributed by atoms with E-state index in [1.165, 1.54) is 24.3 Å². The molecule has 0 aliphatic rings. The van der Waals surface area contributed by atoms with Crippen LogP contribution in [-0.4, -0.2) is 20.9 Å². The second-order valence-electron chi connectivity index (χ2n) is 3.34. The van der Waals surface area contributed by atoms with E-state index in [1.54, 1.807) is 0 Å². The van der Waals surface area contributed by atoms with Gasteiger partial charge in [0, 0.05) is 12.1 Å². The van der Waals surface area contributed by atoms with Crippen LogP contribution in [0.15, 0.2) is 46.0 Å². The van der Waals surface area contributed by atoms with Crippen molar-refractivity contribution in [1.82, 2.24) is 9.78 Å². The average Bonchev–Trinajstić information content (AvgIpc) is 2.32. The van der Waals surface area contributed by atoms with Crippen LogP contribution in [0.25, 0.3) is 5.69 Å². The van der Waals surface area contributed by atoms with Crippen LogP contribution < -0.4 is 11.1 Å². The summed E-state index contributed by atoms with van der Waals surface area (Å²) in [4.78, 5) is 33.4. The van der Waals surface area contributed by atoms with E-state index in [9.17, 15) is 14.4 Å². The molecule has 1 aromatic heterocycles. The summed E-state index contributed by atoms with van der Waals surface area (Å²) >= 11 is 0. The first kappa shape index (κ1) is 10.9. The molecule has 0 amide bonds. The summed E-state index contributed by atoms with van der Waals surface area (Å²) < 4.78 is 0.995. The van der Waals surface area contributed by atoms with Crippen molar-refractivity contribution in [2.24, 2.45) is 0 Å². The summed E-state index contributed by atoms with van der Waals surface area (Å²) in [6.07, 6.45) is 0. The van der Waals surface area contributed by atoms with Crippen molar-refractivity contribution in [1.29, 1.82) is 0 Å². The predicted molar refractivity (Wildman–Crippen MR) is 59.6 cm³/mol. The van der Waals surface area contributed by atoms with E-state index < -0.39 is 17.1 Å². The lowest BCUT2D eigenvalue weighted by Gasteiger charge is -2.05. The van der Waals surface area contributed by atoms with Crippen molar-refractivity contribution >= 4 is 5.97 Å². The van der Waals surface area contributed by atoms with Gasteiger partial charge in [-0.1, -0.05) is 6.07 Å². The number of nitrogens with one attached hydrogen (secondary N) is 1. The SMILES string of the molecule is O=C(O)c1cccc(-n2[nH]c(=O)ccc2=O)c1. The molecule has 17 heavy (non-hydrogen) atoms. The molecule has 0 spiro atoms. The Hall–Kier alpha value is -2.63. The number of hydrogen-bond acceptors (Lipinski definition) is 3. The van der Waals surface area contributed by atoms with E-state index in [0.29, 0.717) is 5.69 Å².